The van der Waals surface area contributed by atoms with Crippen LogP contribution >= 0.6 is 15.9 Å². The van der Waals surface area contributed by atoms with Gasteiger partial charge in [-0.1, -0.05) is 15.9 Å². The number of hydrazine groups is 1. The van der Waals surface area contributed by atoms with Gasteiger partial charge in [0.05, 0.1) is 4.90 Å². The summed E-state index contributed by atoms with van der Waals surface area (Å²) < 4.78 is 30.6. The first-order chi connectivity index (χ1) is 12.7. The van der Waals surface area contributed by atoms with Crippen molar-refractivity contribution in [1.82, 2.24) is 10.3 Å². The smallest absolute Gasteiger partial charge is 0.272 e. The molecule has 0 spiro atoms. The Kier molecular flexibility index (Phi) is 6.94. The number of nitrogens with one attached hydrogen (secondary N) is 3. The predicted octanol–water partition coefficient (Wildman–Crippen LogP) is 2.10. The lowest BCUT2D eigenvalue weighted by molar-refractivity contribution is -0.123. The number of benzene rings is 2. The van der Waals surface area contributed by atoms with Crippen molar-refractivity contribution in [2.45, 2.75) is 18.7 Å². The fourth-order valence-electron chi connectivity index (χ4n) is 2.00. The zero-order chi connectivity index (χ0) is 20.0. The molecule has 0 aromatic heterocycles. The molecule has 0 aliphatic heterocycles. The van der Waals surface area contributed by atoms with Crippen molar-refractivity contribution in [3.8, 4) is 5.75 Å². The van der Waals surface area contributed by atoms with Crippen LogP contribution in [0.15, 0.2) is 51.8 Å². The number of ether oxygens (including phenoxy) is 1. The molecular weight excluding hydrogens is 438 g/mol. The van der Waals surface area contributed by atoms with Crippen molar-refractivity contribution in [3.05, 3.63) is 52.5 Å². The van der Waals surface area contributed by atoms with E-state index in [-0.39, 0.29) is 17.4 Å². The highest BCUT2D eigenvalue weighted by Crippen LogP contribution is 2.21. The molecule has 0 saturated heterocycles. The van der Waals surface area contributed by atoms with E-state index in [1.165, 1.54) is 31.2 Å². The second-order valence-corrected chi connectivity index (χ2v) is 8.10. The highest BCUT2D eigenvalue weighted by molar-refractivity contribution is 9.10. The highest BCUT2D eigenvalue weighted by atomic mass is 79.9. The van der Waals surface area contributed by atoms with Gasteiger partial charge >= 0.3 is 0 Å². The average Bonchev–Trinajstić information content (AvgIpc) is 2.61. The molecule has 2 aromatic rings. The maximum atomic E-state index is 12.2. The number of amides is 2. The fraction of sp³-hybridized carbons (Fsp3) is 0.176. The molecule has 2 rings (SSSR count). The van der Waals surface area contributed by atoms with Gasteiger partial charge in [0.15, 0.2) is 6.61 Å². The molecule has 0 aliphatic rings. The van der Waals surface area contributed by atoms with Gasteiger partial charge in [0, 0.05) is 17.1 Å². The van der Waals surface area contributed by atoms with Crippen LogP contribution in [-0.4, -0.2) is 26.8 Å². The molecule has 0 radical (unpaired) electrons. The molecule has 0 atom stereocenters. The topological polar surface area (TPSA) is 114 Å². The Morgan fingerprint density at radius 2 is 1.78 bits per heavy atom. The Morgan fingerprint density at radius 1 is 1.11 bits per heavy atom. The van der Waals surface area contributed by atoms with Crippen molar-refractivity contribution in [3.63, 3.8) is 0 Å². The van der Waals surface area contributed by atoms with Gasteiger partial charge in [-0.05, 0) is 55.0 Å². The predicted molar refractivity (Wildman–Crippen MR) is 104 cm³/mol. The molecule has 0 saturated carbocycles. The number of anilines is 1. The zero-order valence-corrected chi connectivity index (χ0v) is 17.0. The standard InChI is InChI=1S/C17H18BrN3O5S/c1-11-9-14(5-8-16(11)18)26-10-17(23)20-21-27(24,25)15-6-3-13(4-7-15)19-12(2)22/h3-9,21H,10H2,1-2H3,(H,19,22)(H,20,23). The minimum atomic E-state index is -3.95. The van der Waals surface area contributed by atoms with E-state index in [4.69, 9.17) is 4.74 Å². The molecule has 0 bridgehead atoms. The third-order valence-electron chi connectivity index (χ3n) is 3.31. The number of aryl methyl sites for hydroxylation is 1. The Labute approximate surface area is 165 Å². The lowest BCUT2D eigenvalue weighted by Gasteiger charge is -2.10. The normalized spacial score (nSPS) is 10.9. The van der Waals surface area contributed by atoms with Gasteiger partial charge in [0.25, 0.3) is 15.9 Å². The van der Waals surface area contributed by atoms with Crippen LogP contribution in [0.4, 0.5) is 5.69 Å². The minimum absolute atomic E-state index is 0.0682. The maximum absolute atomic E-state index is 12.2. The number of sulfonamides is 1. The Morgan fingerprint density at radius 3 is 2.37 bits per heavy atom. The number of rotatable bonds is 7. The molecule has 2 aromatic carbocycles. The van der Waals surface area contributed by atoms with Crippen LogP contribution in [0.25, 0.3) is 0 Å². The van der Waals surface area contributed by atoms with Gasteiger partial charge in [-0.15, -0.1) is 4.83 Å². The summed E-state index contributed by atoms with van der Waals surface area (Å²) >= 11 is 3.36. The van der Waals surface area contributed by atoms with E-state index in [9.17, 15) is 18.0 Å². The largest absolute Gasteiger partial charge is 0.484 e. The highest BCUT2D eigenvalue weighted by Gasteiger charge is 2.15. The van der Waals surface area contributed by atoms with Crippen molar-refractivity contribution in [1.29, 1.82) is 0 Å². The van der Waals surface area contributed by atoms with Crippen LogP contribution in [0, 0.1) is 6.92 Å². The first-order valence-electron chi connectivity index (χ1n) is 7.74. The van der Waals surface area contributed by atoms with Crippen molar-refractivity contribution in [2.24, 2.45) is 0 Å². The van der Waals surface area contributed by atoms with E-state index < -0.39 is 15.9 Å². The fourth-order valence-corrected chi connectivity index (χ4v) is 3.10. The Hall–Kier alpha value is -2.43. The summed E-state index contributed by atoms with van der Waals surface area (Å²) in [5.41, 5.74) is 3.49. The van der Waals surface area contributed by atoms with Crippen molar-refractivity contribution in [2.75, 3.05) is 11.9 Å². The third-order valence-corrected chi connectivity index (χ3v) is 5.46. The number of carbonyl (C=O) groups is 2. The number of hydrogen-bond donors (Lipinski definition) is 3. The van der Waals surface area contributed by atoms with Gasteiger partial charge in [0.2, 0.25) is 5.91 Å². The Balaban J connectivity index is 1.89. The van der Waals surface area contributed by atoms with E-state index in [0.29, 0.717) is 11.4 Å². The van der Waals surface area contributed by atoms with Gasteiger partial charge in [-0.2, -0.15) is 0 Å². The second-order valence-electron chi connectivity index (χ2n) is 5.56. The molecule has 0 heterocycles. The van der Waals surface area contributed by atoms with Crippen LogP contribution in [0.2, 0.25) is 0 Å². The summed E-state index contributed by atoms with van der Waals surface area (Å²) in [6.07, 6.45) is 0. The van der Waals surface area contributed by atoms with Gasteiger partial charge in [0.1, 0.15) is 5.75 Å². The molecule has 0 aliphatic carbocycles. The summed E-state index contributed by atoms with van der Waals surface area (Å²) in [7, 11) is -3.95. The lowest BCUT2D eigenvalue weighted by Crippen LogP contribution is -2.43. The van der Waals surface area contributed by atoms with Crippen LogP contribution in [0.1, 0.15) is 12.5 Å². The molecule has 0 unspecified atom stereocenters. The molecule has 2 amide bonds. The molecule has 3 N–H and O–H groups in total. The van der Waals surface area contributed by atoms with Crippen LogP contribution in [-0.2, 0) is 19.6 Å². The monoisotopic (exact) mass is 455 g/mol. The number of hydrogen-bond acceptors (Lipinski definition) is 5. The molecule has 10 heteroatoms. The maximum Gasteiger partial charge on any atom is 0.272 e. The van der Waals surface area contributed by atoms with E-state index in [0.717, 1.165) is 10.0 Å². The van der Waals surface area contributed by atoms with Crippen LogP contribution < -0.4 is 20.3 Å². The lowest BCUT2D eigenvalue weighted by atomic mass is 10.2. The first kappa shape index (κ1) is 20.9. The van der Waals surface area contributed by atoms with Gasteiger partial charge in [-0.3, -0.25) is 15.0 Å². The van der Waals surface area contributed by atoms with Crippen LogP contribution in [0.5, 0.6) is 5.75 Å². The zero-order valence-electron chi connectivity index (χ0n) is 14.6. The second kappa shape index (κ2) is 8.98. The van der Waals surface area contributed by atoms with E-state index in [1.807, 2.05) is 11.8 Å². The van der Waals surface area contributed by atoms with E-state index in [1.54, 1.807) is 18.2 Å². The van der Waals surface area contributed by atoms with E-state index >= 15 is 0 Å². The summed E-state index contributed by atoms with van der Waals surface area (Å²) in [5, 5.41) is 2.53. The quantitative estimate of drug-likeness (QED) is 0.553. The van der Waals surface area contributed by atoms with Gasteiger partial charge < -0.3 is 10.1 Å². The van der Waals surface area contributed by atoms with Crippen LogP contribution in [0.3, 0.4) is 0 Å². The molecule has 8 nitrogen and oxygen atoms in total. The summed E-state index contributed by atoms with van der Waals surface area (Å²) in [6.45, 7) is 2.87. The average molecular weight is 456 g/mol. The summed E-state index contributed by atoms with van der Waals surface area (Å²) in [6, 6.07) is 10.7. The van der Waals surface area contributed by atoms with E-state index in [2.05, 4.69) is 26.7 Å². The molecule has 144 valence electrons. The molecule has 27 heavy (non-hydrogen) atoms. The summed E-state index contributed by atoms with van der Waals surface area (Å²) in [4.78, 5) is 24.7. The number of carbonyl (C=O) groups excluding carboxylic acids is 2. The molecular formula is C17H18BrN3O5S. The Bertz CT molecular complexity index is 946. The molecule has 0 fully saturated rings. The third kappa shape index (κ3) is 6.35. The van der Waals surface area contributed by atoms with Crippen molar-refractivity contribution < 1.29 is 22.7 Å². The SMILES string of the molecule is CC(=O)Nc1ccc(S(=O)(=O)NNC(=O)COc2ccc(Br)c(C)c2)cc1. The number of halogens is 1. The minimum Gasteiger partial charge on any atom is -0.484 e. The summed E-state index contributed by atoms with van der Waals surface area (Å²) in [5.74, 6) is -0.437. The van der Waals surface area contributed by atoms with Crippen molar-refractivity contribution >= 4 is 43.5 Å². The van der Waals surface area contributed by atoms with Gasteiger partial charge in [-0.25, -0.2) is 8.42 Å². The first-order valence-corrected chi connectivity index (χ1v) is 10.0.